The van der Waals surface area contributed by atoms with E-state index in [-0.39, 0.29) is 5.91 Å². The maximum Gasteiger partial charge on any atom is 0.254 e. The summed E-state index contributed by atoms with van der Waals surface area (Å²) in [7, 11) is 1.77. The molecule has 0 aliphatic rings. The van der Waals surface area contributed by atoms with Gasteiger partial charge in [0.05, 0.1) is 16.7 Å². The Kier molecular flexibility index (Phi) is 4.23. The van der Waals surface area contributed by atoms with E-state index in [9.17, 15) is 4.79 Å². The number of aromatic nitrogens is 2. The number of carbonyl (C=O) groups excluding carboxylic acids is 1. The van der Waals surface area contributed by atoms with Gasteiger partial charge in [0, 0.05) is 19.8 Å². The Labute approximate surface area is 93.6 Å². The fourth-order valence-electron chi connectivity index (χ4n) is 1.11. The van der Waals surface area contributed by atoms with Gasteiger partial charge in [-0.15, -0.1) is 0 Å². The van der Waals surface area contributed by atoms with E-state index in [1.165, 1.54) is 6.20 Å². The SMILES string of the molecule is Cn1cc(C(=O)NCCCC(N)=S)cn1. The van der Waals surface area contributed by atoms with Crippen LogP contribution in [0.25, 0.3) is 0 Å². The summed E-state index contributed by atoms with van der Waals surface area (Å²) in [5.74, 6) is -0.119. The second kappa shape index (κ2) is 5.45. The third-order valence-electron chi connectivity index (χ3n) is 1.85. The summed E-state index contributed by atoms with van der Waals surface area (Å²) in [5.41, 5.74) is 5.89. The van der Waals surface area contributed by atoms with Crippen molar-refractivity contribution in [3.63, 3.8) is 0 Å². The van der Waals surface area contributed by atoms with Gasteiger partial charge in [-0.3, -0.25) is 9.48 Å². The van der Waals surface area contributed by atoms with Gasteiger partial charge in [-0.2, -0.15) is 5.10 Å². The van der Waals surface area contributed by atoms with Crippen molar-refractivity contribution in [2.24, 2.45) is 12.8 Å². The molecule has 82 valence electrons. The first-order valence-electron chi connectivity index (χ1n) is 4.64. The number of nitrogens with two attached hydrogens (primary N) is 1. The summed E-state index contributed by atoms with van der Waals surface area (Å²) in [5, 5.41) is 6.67. The van der Waals surface area contributed by atoms with Crippen LogP contribution in [0.15, 0.2) is 12.4 Å². The van der Waals surface area contributed by atoms with E-state index >= 15 is 0 Å². The Hall–Kier alpha value is -1.43. The number of hydrogen-bond donors (Lipinski definition) is 2. The summed E-state index contributed by atoms with van der Waals surface area (Å²) in [4.78, 5) is 12.0. The molecule has 0 spiro atoms. The third kappa shape index (κ3) is 4.07. The summed E-state index contributed by atoms with van der Waals surface area (Å²) in [6.45, 7) is 0.574. The molecule has 0 saturated carbocycles. The van der Waals surface area contributed by atoms with Gasteiger partial charge in [0.1, 0.15) is 0 Å². The zero-order valence-electron chi connectivity index (χ0n) is 8.56. The molecule has 0 radical (unpaired) electrons. The minimum absolute atomic E-state index is 0.119. The topological polar surface area (TPSA) is 72.9 Å². The fourth-order valence-corrected chi connectivity index (χ4v) is 1.25. The van der Waals surface area contributed by atoms with Crippen LogP contribution in [0.3, 0.4) is 0 Å². The van der Waals surface area contributed by atoms with Crippen molar-refractivity contribution in [2.75, 3.05) is 6.54 Å². The van der Waals surface area contributed by atoms with Crippen molar-refractivity contribution in [1.29, 1.82) is 0 Å². The van der Waals surface area contributed by atoms with Crippen molar-refractivity contribution < 1.29 is 4.79 Å². The zero-order chi connectivity index (χ0) is 11.3. The minimum Gasteiger partial charge on any atom is -0.393 e. The largest absolute Gasteiger partial charge is 0.393 e. The van der Waals surface area contributed by atoms with Crippen molar-refractivity contribution in [3.05, 3.63) is 18.0 Å². The summed E-state index contributed by atoms with van der Waals surface area (Å²) >= 11 is 4.72. The molecular formula is C9H14N4OS. The number of carbonyl (C=O) groups is 1. The van der Waals surface area contributed by atoms with Crippen LogP contribution in [0.1, 0.15) is 23.2 Å². The lowest BCUT2D eigenvalue weighted by Crippen LogP contribution is -2.25. The van der Waals surface area contributed by atoms with Gasteiger partial charge in [0.25, 0.3) is 5.91 Å². The lowest BCUT2D eigenvalue weighted by Gasteiger charge is -2.02. The molecule has 1 amide bonds. The van der Waals surface area contributed by atoms with E-state index in [2.05, 4.69) is 10.4 Å². The van der Waals surface area contributed by atoms with E-state index in [4.69, 9.17) is 18.0 Å². The molecular weight excluding hydrogens is 212 g/mol. The number of nitrogens with one attached hydrogen (secondary N) is 1. The van der Waals surface area contributed by atoms with Crippen LogP contribution in [0.5, 0.6) is 0 Å². The Morgan fingerprint density at radius 3 is 3.00 bits per heavy atom. The highest BCUT2D eigenvalue weighted by Gasteiger charge is 2.06. The molecule has 1 rings (SSSR count). The predicted molar refractivity (Wildman–Crippen MR) is 61.6 cm³/mol. The monoisotopic (exact) mass is 226 g/mol. The molecule has 0 fully saturated rings. The van der Waals surface area contributed by atoms with E-state index < -0.39 is 0 Å². The molecule has 0 unspecified atom stereocenters. The van der Waals surface area contributed by atoms with E-state index in [0.29, 0.717) is 23.5 Å². The molecule has 0 bridgehead atoms. The van der Waals surface area contributed by atoms with Gasteiger partial charge in [-0.1, -0.05) is 12.2 Å². The van der Waals surface area contributed by atoms with E-state index in [1.54, 1.807) is 17.9 Å². The summed E-state index contributed by atoms with van der Waals surface area (Å²) in [6, 6.07) is 0. The number of aryl methyl sites for hydroxylation is 1. The Morgan fingerprint density at radius 2 is 2.47 bits per heavy atom. The quantitative estimate of drug-likeness (QED) is 0.556. The molecule has 1 heterocycles. The van der Waals surface area contributed by atoms with Gasteiger partial charge in [-0.25, -0.2) is 0 Å². The molecule has 1 aromatic heterocycles. The van der Waals surface area contributed by atoms with Crippen molar-refractivity contribution in [3.8, 4) is 0 Å². The molecule has 15 heavy (non-hydrogen) atoms. The van der Waals surface area contributed by atoms with E-state index in [1.807, 2.05) is 0 Å². The first-order valence-corrected chi connectivity index (χ1v) is 5.05. The lowest BCUT2D eigenvalue weighted by molar-refractivity contribution is 0.0953. The van der Waals surface area contributed by atoms with Crippen LogP contribution in [-0.2, 0) is 7.05 Å². The van der Waals surface area contributed by atoms with Crippen LogP contribution in [-0.4, -0.2) is 27.2 Å². The Bertz CT molecular complexity index is 361. The normalized spacial score (nSPS) is 9.93. The van der Waals surface area contributed by atoms with Gasteiger partial charge < -0.3 is 11.1 Å². The highest BCUT2D eigenvalue weighted by atomic mass is 32.1. The standard InChI is InChI=1S/C9H14N4OS/c1-13-6-7(5-12-13)9(14)11-4-2-3-8(10)15/h5-6H,2-4H2,1H3,(H2,10,15)(H,11,14). The minimum atomic E-state index is -0.119. The van der Waals surface area contributed by atoms with Crippen molar-refractivity contribution >= 4 is 23.1 Å². The number of rotatable bonds is 5. The molecule has 6 heteroatoms. The van der Waals surface area contributed by atoms with Gasteiger partial charge in [0.15, 0.2) is 0 Å². The maximum absolute atomic E-state index is 11.5. The van der Waals surface area contributed by atoms with Gasteiger partial charge in [-0.05, 0) is 12.8 Å². The van der Waals surface area contributed by atoms with Crippen LogP contribution in [0.4, 0.5) is 0 Å². The van der Waals surface area contributed by atoms with Crippen molar-refractivity contribution in [2.45, 2.75) is 12.8 Å². The summed E-state index contributed by atoms with van der Waals surface area (Å²) < 4.78 is 1.59. The van der Waals surface area contributed by atoms with Gasteiger partial charge >= 0.3 is 0 Å². The maximum atomic E-state index is 11.5. The second-order valence-electron chi connectivity index (χ2n) is 3.23. The molecule has 0 aliphatic heterocycles. The van der Waals surface area contributed by atoms with Crippen molar-refractivity contribution in [1.82, 2.24) is 15.1 Å². The smallest absolute Gasteiger partial charge is 0.254 e. The molecule has 0 atom stereocenters. The zero-order valence-corrected chi connectivity index (χ0v) is 9.38. The Balaban J connectivity index is 2.28. The van der Waals surface area contributed by atoms with Crippen LogP contribution in [0, 0.1) is 0 Å². The molecule has 0 saturated heterocycles. The van der Waals surface area contributed by atoms with Crippen LogP contribution >= 0.6 is 12.2 Å². The average Bonchev–Trinajstić information content (AvgIpc) is 2.59. The fraction of sp³-hybridized carbons (Fsp3) is 0.444. The molecule has 5 nitrogen and oxygen atoms in total. The average molecular weight is 226 g/mol. The van der Waals surface area contributed by atoms with E-state index in [0.717, 1.165) is 6.42 Å². The second-order valence-corrected chi connectivity index (χ2v) is 3.75. The molecule has 0 aromatic carbocycles. The molecule has 1 aromatic rings. The first-order chi connectivity index (χ1) is 7.09. The van der Waals surface area contributed by atoms with Crippen LogP contribution in [0.2, 0.25) is 0 Å². The van der Waals surface area contributed by atoms with Crippen LogP contribution < -0.4 is 11.1 Å². The highest BCUT2D eigenvalue weighted by Crippen LogP contribution is 1.96. The summed E-state index contributed by atoms with van der Waals surface area (Å²) in [6.07, 6.45) is 4.62. The first kappa shape index (κ1) is 11.6. The molecule has 0 aliphatic carbocycles. The highest BCUT2D eigenvalue weighted by molar-refractivity contribution is 7.80. The number of nitrogens with zero attached hydrogens (tertiary/aromatic N) is 2. The number of amides is 1. The molecule has 3 N–H and O–H groups in total. The number of thiocarbonyl (C=S) groups is 1. The third-order valence-corrected chi connectivity index (χ3v) is 2.06. The lowest BCUT2D eigenvalue weighted by atomic mass is 10.3. The Morgan fingerprint density at radius 1 is 1.73 bits per heavy atom. The number of hydrogen-bond acceptors (Lipinski definition) is 3. The predicted octanol–water partition coefficient (Wildman–Crippen LogP) is 0.216. The van der Waals surface area contributed by atoms with Gasteiger partial charge in [0.2, 0.25) is 0 Å².